The highest BCUT2D eigenvalue weighted by atomic mass is 19.4. The van der Waals surface area contributed by atoms with Crippen molar-refractivity contribution in [3.63, 3.8) is 0 Å². The van der Waals surface area contributed by atoms with E-state index in [0.29, 0.717) is 43.6 Å². The van der Waals surface area contributed by atoms with Gasteiger partial charge in [-0.3, -0.25) is 9.67 Å². The summed E-state index contributed by atoms with van der Waals surface area (Å²) >= 11 is 0. The van der Waals surface area contributed by atoms with E-state index < -0.39 is 24.1 Å². The van der Waals surface area contributed by atoms with Crippen LogP contribution in [0.15, 0.2) is 67.0 Å². The second-order valence-corrected chi connectivity index (χ2v) is 10.0. The van der Waals surface area contributed by atoms with Crippen LogP contribution in [0.25, 0.3) is 22.4 Å². The van der Waals surface area contributed by atoms with E-state index in [2.05, 4.69) is 20.1 Å². The maximum absolute atomic E-state index is 12.8. The number of aryl methyl sites for hydroxylation is 2. The standard InChI is InChI=1S/C31H27F3N4O5/c32-31(33,34)30(42)43-29(41)27-25-11-10-23-18-36-16-13-24(23)26(25)37-38(27)17-1-14-35-15-12-19-2-4-20(5-3-19)21-6-8-22(9-7-21)28(39)40/h2-9,13,16,18,35H,1,10-12,14-15,17H2,(H,39,40). The number of aromatic carboxylic acids is 1. The molecule has 0 atom stereocenters. The van der Waals surface area contributed by atoms with E-state index in [-0.39, 0.29) is 17.8 Å². The smallest absolute Gasteiger partial charge is 0.478 e. The number of esters is 2. The first kappa shape index (κ1) is 29.6. The molecule has 1 aliphatic carbocycles. The number of aromatic nitrogens is 3. The average Bonchev–Trinajstić information content (AvgIpc) is 3.38. The summed E-state index contributed by atoms with van der Waals surface area (Å²) in [7, 11) is 0. The second-order valence-electron chi connectivity index (χ2n) is 10.0. The average molecular weight is 593 g/mol. The minimum atomic E-state index is -5.29. The third kappa shape index (κ3) is 6.81. The highest BCUT2D eigenvalue weighted by Gasteiger charge is 2.43. The van der Waals surface area contributed by atoms with Gasteiger partial charge in [-0.05, 0) is 79.2 Å². The zero-order valence-electron chi connectivity index (χ0n) is 22.9. The summed E-state index contributed by atoms with van der Waals surface area (Å²) in [4.78, 5) is 39.3. The van der Waals surface area contributed by atoms with Crippen molar-refractivity contribution in [2.45, 2.75) is 38.4 Å². The number of carboxylic acid groups (broad SMARTS) is 1. The number of carbonyl (C=O) groups is 3. The van der Waals surface area contributed by atoms with Crippen molar-refractivity contribution >= 4 is 17.9 Å². The number of fused-ring (bicyclic) bond motifs is 3. The van der Waals surface area contributed by atoms with Crippen molar-refractivity contribution in [1.82, 2.24) is 20.1 Å². The predicted octanol–water partition coefficient (Wildman–Crippen LogP) is 4.88. The van der Waals surface area contributed by atoms with Gasteiger partial charge in [-0.15, -0.1) is 0 Å². The van der Waals surface area contributed by atoms with Gasteiger partial charge in [-0.2, -0.15) is 18.3 Å². The Kier molecular flexibility index (Phi) is 8.67. The second kappa shape index (κ2) is 12.6. The van der Waals surface area contributed by atoms with Crippen molar-refractivity contribution in [2.75, 3.05) is 13.1 Å². The summed E-state index contributed by atoms with van der Waals surface area (Å²) in [5.74, 6) is -4.91. The van der Waals surface area contributed by atoms with Gasteiger partial charge in [0, 0.05) is 30.1 Å². The number of nitrogens with zero attached hydrogens (tertiary/aromatic N) is 3. The van der Waals surface area contributed by atoms with Crippen LogP contribution in [0.5, 0.6) is 0 Å². The van der Waals surface area contributed by atoms with E-state index in [4.69, 9.17) is 5.11 Å². The quantitative estimate of drug-likeness (QED) is 0.152. The number of pyridine rings is 1. The Morgan fingerprint density at radius 2 is 1.65 bits per heavy atom. The van der Waals surface area contributed by atoms with Crippen molar-refractivity contribution in [2.24, 2.45) is 0 Å². The first-order chi connectivity index (χ1) is 20.6. The monoisotopic (exact) mass is 592 g/mol. The fourth-order valence-corrected chi connectivity index (χ4v) is 5.03. The lowest BCUT2D eigenvalue weighted by Crippen LogP contribution is -2.29. The third-order valence-electron chi connectivity index (χ3n) is 7.20. The summed E-state index contributed by atoms with van der Waals surface area (Å²) in [6, 6.07) is 16.4. The Balaban J connectivity index is 1.18. The first-order valence-corrected chi connectivity index (χ1v) is 13.6. The molecule has 2 aromatic heterocycles. The molecule has 1 aliphatic rings. The largest absolute Gasteiger partial charge is 0.491 e. The van der Waals surface area contributed by atoms with Crippen LogP contribution >= 0.6 is 0 Å². The van der Waals surface area contributed by atoms with Gasteiger partial charge >= 0.3 is 24.1 Å². The van der Waals surface area contributed by atoms with Crippen LogP contribution in [-0.4, -0.2) is 57.0 Å². The Bertz CT molecular complexity index is 1650. The number of carbonyl (C=O) groups excluding carboxylic acids is 2. The molecule has 0 aliphatic heterocycles. The molecule has 2 aromatic carbocycles. The van der Waals surface area contributed by atoms with E-state index >= 15 is 0 Å². The van der Waals surface area contributed by atoms with Crippen LogP contribution in [0.1, 0.15) is 44.0 Å². The van der Waals surface area contributed by atoms with Gasteiger partial charge in [0.2, 0.25) is 0 Å². The molecule has 0 spiro atoms. The Labute approximate surface area is 244 Å². The molecule has 4 aromatic rings. The van der Waals surface area contributed by atoms with E-state index in [1.54, 1.807) is 42.7 Å². The highest BCUT2D eigenvalue weighted by molar-refractivity contribution is 5.99. The van der Waals surface area contributed by atoms with Crippen molar-refractivity contribution in [3.05, 3.63) is 94.9 Å². The SMILES string of the molecule is O=C(O)c1ccc(-c2ccc(CCNCCCn3nc4c(c3C(=O)OC(=O)C(F)(F)F)CCc3cnccc3-4)cc2)cc1. The van der Waals surface area contributed by atoms with Crippen molar-refractivity contribution < 1.29 is 37.4 Å². The summed E-state index contributed by atoms with van der Waals surface area (Å²) in [5, 5.41) is 16.9. The summed E-state index contributed by atoms with van der Waals surface area (Å²) in [5.41, 5.74) is 5.66. The fraction of sp³-hybridized carbons (Fsp3) is 0.258. The van der Waals surface area contributed by atoms with Crippen molar-refractivity contribution in [3.8, 4) is 22.4 Å². The third-order valence-corrected chi connectivity index (χ3v) is 7.20. The highest BCUT2D eigenvalue weighted by Crippen LogP contribution is 2.34. The van der Waals surface area contributed by atoms with Gasteiger partial charge in [0.1, 0.15) is 0 Å². The number of nitrogens with one attached hydrogen (secondary N) is 1. The molecule has 9 nitrogen and oxygen atoms in total. The lowest BCUT2D eigenvalue weighted by atomic mass is 9.90. The molecule has 12 heteroatoms. The van der Waals surface area contributed by atoms with Crippen LogP contribution in [0.2, 0.25) is 0 Å². The first-order valence-electron chi connectivity index (χ1n) is 13.6. The normalized spacial score (nSPS) is 12.3. The minimum Gasteiger partial charge on any atom is -0.478 e. The molecule has 43 heavy (non-hydrogen) atoms. The van der Waals surface area contributed by atoms with E-state index in [9.17, 15) is 27.6 Å². The predicted molar refractivity (Wildman–Crippen MR) is 149 cm³/mol. The van der Waals surface area contributed by atoms with Gasteiger partial charge in [0.25, 0.3) is 0 Å². The van der Waals surface area contributed by atoms with E-state index in [1.165, 1.54) is 4.68 Å². The van der Waals surface area contributed by atoms with Crippen LogP contribution in [-0.2, 0) is 35.3 Å². The van der Waals surface area contributed by atoms with Gasteiger partial charge < -0.3 is 15.2 Å². The van der Waals surface area contributed by atoms with Crippen LogP contribution in [0.3, 0.4) is 0 Å². The van der Waals surface area contributed by atoms with Gasteiger partial charge in [-0.1, -0.05) is 36.4 Å². The number of ether oxygens (including phenoxy) is 1. The molecule has 0 amide bonds. The van der Waals surface area contributed by atoms with E-state index in [1.807, 2.05) is 24.3 Å². The number of carboxylic acids is 1. The molecule has 0 radical (unpaired) electrons. The maximum Gasteiger partial charge on any atom is 0.491 e. The maximum atomic E-state index is 12.8. The van der Waals surface area contributed by atoms with Gasteiger partial charge in [0.05, 0.1) is 11.3 Å². The van der Waals surface area contributed by atoms with Crippen LogP contribution < -0.4 is 5.32 Å². The minimum absolute atomic E-state index is 0.146. The Morgan fingerprint density at radius 1 is 0.953 bits per heavy atom. The number of hydrogen-bond donors (Lipinski definition) is 2. The molecule has 0 unspecified atom stereocenters. The fourth-order valence-electron chi connectivity index (χ4n) is 5.03. The van der Waals surface area contributed by atoms with Crippen LogP contribution in [0.4, 0.5) is 13.2 Å². The molecule has 2 N–H and O–H groups in total. The molecule has 222 valence electrons. The van der Waals surface area contributed by atoms with Crippen molar-refractivity contribution in [1.29, 1.82) is 0 Å². The molecular formula is C31H27F3N4O5. The molecule has 0 fully saturated rings. The lowest BCUT2D eigenvalue weighted by molar-refractivity contribution is -0.193. The summed E-state index contributed by atoms with van der Waals surface area (Å²) in [6.07, 6.45) is 0.111. The molecular weight excluding hydrogens is 565 g/mol. The summed E-state index contributed by atoms with van der Waals surface area (Å²) in [6.45, 7) is 1.44. The van der Waals surface area contributed by atoms with Crippen LogP contribution in [0, 0.1) is 0 Å². The molecule has 0 saturated heterocycles. The van der Waals surface area contributed by atoms with Gasteiger partial charge in [0.15, 0.2) is 5.69 Å². The zero-order chi connectivity index (χ0) is 30.6. The number of benzene rings is 2. The number of hydrogen-bond acceptors (Lipinski definition) is 7. The van der Waals surface area contributed by atoms with E-state index in [0.717, 1.165) is 34.2 Å². The Hall–Kier alpha value is -4.84. The molecule has 0 bridgehead atoms. The topological polar surface area (TPSA) is 123 Å². The lowest BCUT2D eigenvalue weighted by Gasteiger charge is -2.15. The molecule has 0 saturated carbocycles. The number of rotatable bonds is 10. The Morgan fingerprint density at radius 3 is 2.33 bits per heavy atom. The zero-order valence-corrected chi connectivity index (χ0v) is 22.9. The summed E-state index contributed by atoms with van der Waals surface area (Å²) < 4.78 is 43.9. The molecule has 5 rings (SSSR count). The number of alkyl halides is 3. The van der Waals surface area contributed by atoms with Gasteiger partial charge in [-0.25, -0.2) is 14.4 Å². The molecule has 2 heterocycles. The number of halogens is 3.